The highest BCUT2D eigenvalue weighted by atomic mass is 32.1. The van der Waals surface area contributed by atoms with Crippen molar-refractivity contribution < 1.29 is 9.53 Å². The van der Waals surface area contributed by atoms with E-state index in [9.17, 15) is 4.79 Å². The molecule has 0 bridgehead atoms. The van der Waals surface area contributed by atoms with Crippen molar-refractivity contribution in [2.45, 2.75) is 33.1 Å². The van der Waals surface area contributed by atoms with Crippen molar-refractivity contribution in [2.75, 3.05) is 6.61 Å². The normalized spacial score (nSPS) is 19.7. The number of rotatable bonds is 2. The van der Waals surface area contributed by atoms with Crippen LogP contribution in [-0.2, 0) is 22.4 Å². The number of carbonyl (C=O) groups excluding carboxylic acids is 1. The summed E-state index contributed by atoms with van der Waals surface area (Å²) in [5, 5.41) is 1.10. The minimum absolute atomic E-state index is 0.0470. The molecular formula is C11H15NO2S. The highest BCUT2D eigenvalue weighted by molar-refractivity contribution is 7.11. The van der Waals surface area contributed by atoms with Gasteiger partial charge in [-0.25, -0.2) is 4.98 Å². The number of hydrogen-bond acceptors (Lipinski definition) is 4. The van der Waals surface area contributed by atoms with Gasteiger partial charge in [0.2, 0.25) is 0 Å². The van der Waals surface area contributed by atoms with Crippen molar-refractivity contribution in [2.24, 2.45) is 5.92 Å². The largest absolute Gasteiger partial charge is 0.466 e. The SMILES string of the molecule is CCOC(=O)[C@@H]1CCc2nc(C)sc2C1. The van der Waals surface area contributed by atoms with E-state index < -0.39 is 0 Å². The molecule has 0 N–H and O–H groups in total. The van der Waals surface area contributed by atoms with Gasteiger partial charge in [0.25, 0.3) is 0 Å². The Labute approximate surface area is 93.5 Å². The van der Waals surface area contributed by atoms with Gasteiger partial charge in [-0.1, -0.05) is 0 Å². The minimum atomic E-state index is -0.0470. The molecule has 1 heterocycles. The first-order valence-corrected chi connectivity index (χ1v) is 6.14. The fourth-order valence-corrected chi connectivity index (χ4v) is 3.03. The lowest BCUT2D eigenvalue weighted by molar-refractivity contribution is -0.148. The summed E-state index contributed by atoms with van der Waals surface area (Å²) in [6, 6.07) is 0. The van der Waals surface area contributed by atoms with Crippen LogP contribution < -0.4 is 0 Å². The number of ether oxygens (including phenoxy) is 1. The van der Waals surface area contributed by atoms with Crippen LogP contribution in [0.25, 0.3) is 0 Å². The first kappa shape index (κ1) is 10.6. The number of fused-ring (bicyclic) bond motifs is 1. The number of esters is 1. The Morgan fingerprint density at radius 3 is 3.20 bits per heavy atom. The van der Waals surface area contributed by atoms with E-state index in [0.717, 1.165) is 24.3 Å². The topological polar surface area (TPSA) is 39.2 Å². The van der Waals surface area contributed by atoms with Crippen molar-refractivity contribution in [3.05, 3.63) is 15.6 Å². The fraction of sp³-hybridized carbons (Fsp3) is 0.636. The van der Waals surface area contributed by atoms with Crippen LogP contribution in [0.4, 0.5) is 0 Å². The first-order chi connectivity index (χ1) is 7.20. The maximum Gasteiger partial charge on any atom is 0.309 e. The van der Waals surface area contributed by atoms with Crippen molar-refractivity contribution >= 4 is 17.3 Å². The van der Waals surface area contributed by atoms with Crippen LogP contribution in [0.1, 0.15) is 28.9 Å². The van der Waals surface area contributed by atoms with E-state index in [2.05, 4.69) is 4.98 Å². The molecule has 2 rings (SSSR count). The Balaban J connectivity index is 2.08. The number of nitrogens with zero attached hydrogens (tertiary/aromatic N) is 1. The lowest BCUT2D eigenvalue weighted by Crippen LogP contribution is -2.24. The molecule has 0 spiro atoms. The second kappa shape index (κ2) is 4.31. The third kappa shape index (κ3) is 2.20. The van der Waals surface area contributed by atoms with E-state index in [1.165, 1.54) is 10.6 Å². The van der Waals surface area contributed by atoms with Gasteiger partial charge in [0.15, 0.2) is 0 Å². The lowest BCUT2D eigenvalue weighted by Gasteiger charge is -2.19. The first-order valence-electron chi connectivity index (χ1n) is 5.32. The number of aromatic nitrogens is 1. The molecule has 1 atom stereocenters. The minimum Gasteiger partial charge on any atom is -0.466 e. The zero-order valence-corrected chi connectivity index (χ0v) is 9.89. The highest BCUT2D eigenvalue weighted by Crippen LogP contribution is 2.30. The molecule has 4 heteroatoms. The summed E-state index contributed by atoms with van der Waals surface area (Å²) >= 11 is 1.71. The molecule has 1 aliphatic rings. The molecule has 0 radical (unpaired) electrons. The molecule has 82 valence electrons. The molecule has 1 aromatic rings. The predicted molar refractivity (Wildman–Crippen MR) is 59.0 cm³/mol. The molecule has 15 heavy (non-hydrogen) atoms. The van der Waals surface area contributed by atoms with Gasteiger partial charge in [0, 0.05) is 4.88 Å². The summed E-state index contributed by atoms with van der Waals surface area (Å²) in [5.74, 6) is 0.00602. The highest BCUT2D eigenvalue weighted by Gasteiger charge is 2.27. The molecule has 0 amide bonds. The number of thiazole rings is 1. The second-order valence-corrected chi connectivity index (χ2v) is 5.08. The van der Waals surface area contributed by atoms with Gasteiger partial charge in [0.1, 0.15) is 0 Å². The van der Waals surface area contributed by atoms with Crippen LogP contribution in [0.2, 0.25) is 0 Å². The van der Waals surface area contributed by atoms with Crippen LogP contribution in [-0.4, -0.2) is 17.6 Å². The Hall–Kier alpha value is -0.900. The molecule has 0 saturated heterocycles. The summed E-state index contributed by atoms with van der Waals surface area (Å²) in [5.41, 5.74) is 1.19. The maximum atomic E-state index is 11.6. The standard InChI is InChI=1S/C11H15NO2S/c1-3-14-11(13)8-4-5-9-10(6-8)15-7(2)12-9/h8H,3-6H2,1-2H3/t8-/m1/s1. The van der Waals surface area contributed by atoms with Crippen LogP contribution in [0.15, 0.2) is 0 Å². The summed E-state index contributed by atoms with van der Waals surface area (Å²) in [6.45, 7) is 4.34. The molecule has 0 saturated carbocycles. The number of aryl methyl sites for hydroxylation is 2. The molecule has 0 unspecified atom stereocenters. The average Bonchev–Trinajstić information content (AvgIpc) is 2.57. The summed E-state index contributed by atoms with van der Waals surface area (Å²) in [4.78, 5) is 17.3. The average molecular weight is 225 g/mol. The van der Waals surface area contributed by atoms with E-state index in [1.54, 1.807) is 11.3 Å². The summed E-state index contributed by atoms with van der Waals surface area (Å²) in [7, 11) is 0. The quantitative estimate of drug-likeness (QED) is 0.724. The predicted octanol–water partition coefficient (Wildman–Crippen LogP) is 2.12. The van der Waals surface area contributed by atoms with Gasteiger partial charge < -0.3 is 4.74 Å². The van der Waals surface area contributed by atoms with Gasteiger partial charge in [-0.2, -0.15) is 0 Å². The van der Waals surface area contributed by atoms with Crippen molar-refractivity contribution in [3.8, 4) is 0 Å². The van der Waals surface area contributed by atoms with E-state index in [1.807, 2.05) is 13.8 Å². The number of hydrogen-bond donors (Lipinski definition) is 0. The Morgan fingerprint density at radius 2 is 2.47 bits per heavy atom. The van der Waals surface area contributed by atoms with E-state index in [-0.39, 0.29) is 11.9 Å². The van der Waals surface area contributed by atoms with Gasteiger partial charge in [0.05, 0.1) is 23.2 Å². The fourth-order valence-electron chi connectivity index (χ4n) is 1.97. The third-order valence-electron chi connectivity index (χ3n) is 2.67. The summed E-state index contributed by atoms with van der Waals surface area (Å²) in [6.07, 6.45) is 2.62. The van der Waals surface area contributed by atoms with Crippen LogP contribution >= 0.6 is 11.3 Å². The van der Waals surface area contributed by atoms with Gasteiger partial charge in [-0.05, 0) is 33.1 Å². The molecule has 3 nitrogen and oxygen atoms in total. The third-order valence-corrected chi connectivity index (χ3v) is 3.70. The molecule has 0 aromatic carbocycles. The van der Waals surface area contributed by atoms with E-state index in [0.29, 0.717) is 6.61 Å². The molecular weight excluding hydrogens is 210 g/mol. The lowest BCUT2D eigenvalue weighted by atomic mass is 9.91. The maximum absolute atomic E-state index is 11.6. The smallest absolute Gasteiger partial charge is 0.309 e. The van der Waals surface area contributed by atoms with Gasteiger partial charge in [-0.15, -0.1) is 11.3 Å². The molecule has 0 aliphatic heterocycles. The molecule has 1 aliphatic carbocycles. The van der Waals surface area contributed by atoms with Gasteiger partial charge in [-0.3, -0.25) is 4.79 Å². The van der Waals surface area contributed by atoms with Crippen LogP contribution in [0.3, 0.4) is 0 Å². The zero-order valence-electron chi connectivity index (χ0n) is 9.08. The number of carbonyl (C=O) groups is 1. The van der Waals surface area contributed by atoms with E-state index in [4.69, 9.17) is 4.74 Å². The monoisotopic (exact) mass is 225 g/mol. The Bertz CT molecular complexity index is 373. The Morgan fingerprint density at radius 1 is 1.67 bits per heavy atom. The molecule has 1 aromatic heterocycles. The second-order valence-electron chi connectivity index (χ2n) is 3.79. The zero-order chi connectivity index (χ0) is 10.8. The Kier molecular flexibility index (Phi) is 3.05. The van der Waals surface area contributed by atoms with Crippen LogP contribution in [0.5, 0.6) is 0 Å². The van der Waals surface area contributed by atoms with Crippen molar-refractivity contribution in [3.63, 3.8) is 0 Å². The van der Waals surface area contributed by atoms with E-state index >= 15 is 0 Å². The summed E-state index contributed by atoms with van der Waals surface area (Å²) < 4.78 is 5.05. The van der Waals surface area contributed by atoms with Crippen LogP contribution in [0, 0.1) is 12.8 Å². The van der Waals surface area contributed by atoms with Crippen molar-refractivity contribution in [1.82, 2.24) is 4.98 Å². The van der Waals surface area contributed by atoms with Crippen molar-refractivity contribution in [1.29, 1.82) is 0 Å². The van der Waals surface area contributed by atoms with Gasteiger partial charge >= 0.3 is 5.97 Å². The molecule has 0 fully saturated rings.